The number of rotatable bonds is 8. The molecule has 0 N–H and O–H groups in total. The first kappa shape index (κ1) is 14.6. The van der Waals surface area contributed by atoms with E-state index in [2.05, 4.69) is 0 Å². The summed E-state index contributed by atoms with van der Waals surface area (Å²) in [5.41, 5.74) is -0.577. The lowest BCUT2D eigenvalue weighted by molar-refractivity contribution is -0.109. The highest BCUT2D eigenvalue weighted by molar-refractivity contribution is 7.72. The van der Waals surface area contributed by atoms with Gasteiger partial charge in [0.1, 0.15) is 0 Å². The molecule has 0 bridgehead atoms. The van der Waals surface area contributed by atoms with E-state index in [1.807, 2.05) is 13.8 Å². The Morgan fingerprint density at radius 2 is 1.67 bits per heavy atom. The van der Waals surface area contributed by atoms with E-state index in [1.165, 1.54) is 12.2 Å². The smallest absolute Gasteiger partial charge is 0.303 e. The summed E-state index contributed by atoms with van der Waals surface area (Å²) in [6, 6.07) is 0. The van der Waals surface area contributed by atoms with E-state index in [0.717, 1.165) is 0 Å². The Kier molecular flexibility index (Phi) is 7.57. The van der Waals surface area contributed by atoms with E-state index in [-0.39, 0.29) is 13.2 Å². The summed E-state index contributed by atoms with van der Waals surface area (Å²) < 4.78 is 22.0. The molecule has 0 aliphatic rings. The van der Waals surface area contributed by atoms with Gasteiger partial charge in [-0.05, 0) is 25.8 Å². The Morgan fingerprint density at radius 1 is 1.20 bits per heavy atom. The van der Waals surface area contributed by atoms with Gasteiger partial charge in [-0.15, -0.1) is 0 Å². The molecule has 0 unspecified atom stereocenters. The van der Waals surface area contributed by atoms with Gasteiger partial charge in [-0.25, -0.2) is 0 Å². The summed E-state index contributed by atoms with van der Waals surface area (Å²) in [7, 11) is -3.59. The SMILES string of the molecule is CC=CC(=O)P(=O)(OCCC)OCCC. The van der Waals surface area contributed by atoms with Gasteiger partial charge in [-0.2, -0.15) is 0 Å². The van der Waals surface area contributed by atoms with Crippen LogP contribution in [0.3, 0.4) is 0 Å². The van der Waals surface area contributed by atoms with Crippen LogP contribution in [0.25, 0.3) is 0 Å². The fraction of sp³-hybridized carbons (Fsp3) is 0.700. The van der Waals surface area contributed by atoms with Gasteiger partial charge in [0.2, 0.25) is 0 Å². The second-order valence-electron chi connectivity index (χ2n) is 3.00. The van der Waals surface area contributed by atoms with E-state index < -0.39 is 13.1 Å². The molecule has 0 aromatic heterocycles. The highest BCUT2D eigenvalue weighted by atomic mass is 31.2. The molecule has 15 heavy (non-hydrogen) atoms. The number of carbonyl (C=O) groups excluding carboxylic acids is 1. The molecule has 0 heterocycles. The monoisotopic (exact) mass is 234 g/mol. The zero-order chi connectivity index (χ0) is 11.7. The zero-order valence-corrected chi connectivity index (χ0v) is 10.5. The van der Waals surface area contributed by atoms with Gasteiger partial charge in [-0.1, -0.05) is 19.9 Å². The Morgan fingerprint density at radius 3 is 2.00 bits per heavy atom. The average molecular weight is 234 g/mol. The van der Waals surface area contributed by atoms with Crippen LogP contribution in [0.4, 0.5) is 0 Å². The first-order chi connectivity index (χ1) is 7.10. The van der Waals surface area contributed by atoms with Gasteiger partial charge < -0.3 is 9.05 Å². The molecule has 0 aliphatic heterocycles. The fourth-order valence-corrected chi connectivity index (χ4v) is 2.33. The standard InChI is InChI=1S/C10H19O4P/c1-4-7-10(11)15(12,13-8-5-2)14-9-6-3/h4,7H,5-6,8-9H2,1-3H3. The van der Waals surface area contributed by atoms with Crippen LogP contribution in [0.2, 0.25) is 0 Å². The Balaban J connectivity index is 4.53. The number of carbonyl (C=O) groups is 1. The third-order valence-corrected chi connectivity index (χ3v) is 3.24. The molecule has 0 saturated carbocycles. The predicted molar refractivity (Wildman–Crippen MR) is 59.9 cm³/mol. The molecule has 5 heteroatoms. The molecule has 0 aromatic rings. The molecule has 0 aromatic carbocycles. The molecule has 0 atom stereocenters. The van der Waals surface area contributed by atoms with Crippen LogP contribution in [0.1, 0.15) is 33.6 Å². The minimum atomic E-state index is -3.59. The molecule has 88 valence electrons. The van der Waals surface area contributed by atoms with Crippen LogP contribution in [0, 0.1) is 0 Å². The fourth-order valence-electron chi connectivity index (χ4n) is 0.821. The first-order valence-electron chi connectivity index (χ1n) is 5.17. The highest BCUT2D eigenvalue weighted by Crippen LogP contribution is 2.49. The lowest BCUT2D eigenvalue weighted by Gasteiger charge is -2.14. The molecule has 4 nitrogen and oxygen atoms in total. The van der Waals surface area contributed by atoms with Gasteiger partial charge in [0.05, 0.1) is 13.2 Å². The predicted octanol–water partition coefficient (Wildman–Crippen LogP) is 3.14. The summed E-state index contributed by atoms with van der Waals surface area (Å²) in [4.78, 5) is 11.5. The maximum absolute atomic E-state index is 12.0. The van der Waals surface area contributed by atoms with Crippen molar-refractivity contribution in [2.75, 3.05) is 13.2 Å². The summed E-state index contributed by atoms with van der Waals surface area (Å²) in [6.45, 7) is 5.98. The second kappa shape index (κ2) is 7.80. The van der Waals surface area contributed by atoms with Crippen molar-refractivity contribution in [1.29, 1.82) is 0 Å². The molecule has 0 spiro atoms. The number of hydrogen-bond donors (Lipinski definition) is 0. The summed E-state index contributed by atoms with van der Waals surface area (Å²) >= 11 is 0. The van der Waals surface area contributed by atoms with Crippen molar-refractivity contribution in [3.63, 3.8) is 0 Å². The van der Waals surface area contributed by atoms with Crippen molar-refractivity contribution < 1.29 is 18.4 Å². The van der Waals surface area contributed by atoms with Crippen molar-refractivity contribution in [2.24, 2.45) is 0 Å². The minimum Gasteiger partial charge on any atom is -0.303 e. The summed E-state index contributed by atoms with van der Waals surface area (Å²) in [6.07, 6.45) is 4.15. The molecular weight excluding hydrogens is 215 g/mol. The largest absolute Gasteiger partial charge is 0.400 e. The second-order valence-corrected chi connectivity index (χ2v) is 4.95. The topological polar surface area (TPSA) is 52.6 Å². The van der Waals surface area contributed by atoms with E-state index in [9.17, 15) is 9.36 Å². The Bertz CT molecular complexity index is 248. The third-order valence-electron chi connectivity index (χ3n) is 1.51. The first-order valence-corrected chi connectivity index (χ1v) is 6.71. The van der Waals surface area contributed by atoms with Crippen molar-refractivity contribution in [3.8, 4) is 0 Å². The third kappa shape index (κ3) is 5.26. The van der Waals surface area contributed by atoms with Gasteiger partial charge >= 0.3 is 7.60 Å². The van der Waals surface area contributed by atoms with Crippen LogP contribution in [-0.4, -0.2) is 18.7 Å². The van der Waals surface area contributed by atoms with Crippen LogP contribution in [-0.2, 0) is 18.4 Å². The minimum absolute atomic E-state index is 0.268. The molecule has 0 amide bonds. The van der Waals surface area contributed by atoms with Gasteiger partial charge in [-0.3, -0.25) is 9.36 Å². The molecule has 0 radical (unpaired) electrons. The van der Waals surface area contributed by atoms with E-state index in [0.29, 0.717) is 12.8 Å². The summed E-state index contributed by atoms with van der Waals surface area (Å²) in [5.74, 6) is 0. The van der Waals surface area contributed by atoms with E-state index in [1.54, 1.807) is 6.92 Å². The molecular formula is C10H19O4P. The van der Waals surface area contributed by atoms with Crippen molar-refractivity contribution in [2.45, 2.75) is 33.6 Å². The van der Waals surface area contributed by atoms with Crippen LogP contribution < -0.4 is 0 Å². The maximum atomic E-state index is 12.0. The summed E-state index contributed by atoms with van der Waals surface area (Å²) in [5, 5.41) is 0. The number of allylic oxidation sites excluding steroid dienone is 2. The highest BCUT2D eigenvalue weighted by Gasteiger charge is 2.32. The molecule has 0 saturated heterocycles. The quantitative estimate of drug-likeness (QED) is 0.478. The Hall–Kier alpha value is -0.440. The van der Waals surface area contributed by atoms with Crippen LogP contribution in [0.15, 0.2) is 12.2 Å². The average Bonchev–Trinajstić information content (AvgIpc) is 2.24. The van der Waals surface area contributed by atoms with Crippen LogP contribution in [0.5, 0.6) is 0 Å². The van der Waals surface area contributed by atoms with Crippen molar-refractivity contribution >= 4 is 13.1 Å². The van der Waals surface area contributed by atoms with E-state index in [4.69, 9.17) is 9.05 Å². The van der Waals surface area contributed by atoms with Crippen molar-refractivity contribution in [1.82, 2.24) is 0 Å². The van der Waals surface area contributed by atoms with Crippen molar-refractivity contribution in [3.05, 3.63) is 12.2 Å². The van der Waals surface area contributed by atoms with Crippen LogP contribution >= 0.6 is 7.60 Å². The maximum Gasteiger partial charge on any atom is 0.400 e. The molecule has 0 aliphatic carbocycles. The lowest BCUT2D eigenvalue weighted by Crippen LogP contribution is -2.06. The normalized spacial score (nSPS) is 12.2. The van der Waals surface area contributed by atoms with E-state index >= 15 is 0 Å². The zero-order valence-electron chi connectivity index (χ0n) is 9.56. The van der Waals surface area contributed by atoms with Gasteiger partial charge in [0.25, 0.3) is 5.52 Å². The number of hydrogen-bond acceptors (Lipinski definition) is 4. The van der Waals surface area contributed by atoms with Gasteiger partial charge in [0, 0.05) is 0 Å². The van der Waals surface area contributed by atoms with Gasteiger partial charge in [0.15, 0.2) is 0 Å². The molecule has 0 rings (SSSR count). The lowest BCUT2D eigenvalue weighted by atomic mass is 10.5. The molecule has 0 fully saturated rings. The Labute approximate surface area is 91.2 Å².